The van der Waals surface area contributed by atoms with Crippen LogP contribution in [-0.4, -0.2) is 20.9 Å². The second-order valence-corrected chi connectivity index (χ2v) is 8.30. The van der Waals surface area contributed by atoms with Crippen molar-refractivity contribution in [2.75, 3.05) is 6.54 Å². The quantitative estimate of drug-likeness (QED) is 0.832. The molecule has 0 radical (unpaired) electrons. The third kappa shape index (κ3) is 4.54. The minimum atomic E-state index is -3.70. The van der Waals surface area contributed by atoms with Crippen LogP contribution in [0, 0.1) is 6.92 Å². The first kappa shape index (κ1) is 17.0. The summed E-state index contributed by atoms with van der Waals surface area (Å²) in [5.74, 6) is -0.394. The maximum atomic E-state index is 11.9. The average molecular weight is 359 g/mol. The first-order chi connectivity index (χ1) is 10.4. The Morgan fingerprint density at radius 1 is 1.23 bits per heavy atom. The van der Waals surface area contributed by atoms with Gasteiger partial charge in [0.25, 0.3) is 10.0 Å². The lowest BCUT2D eigenvalue weighted by atomic mass is 10.1. The van der Waals surface area contributed by atoms with Crippen LogP contribution in [0.4, 0.5) is 0 Å². The first-order valence-corrected chi connectivity index (χ1v) is 9.12. The van der Waals surface area contributed by atoms with Gasteiger partial charge in [-0.05, 0) is 30.2 Å². The number of hydrogen-bond donors (Lipinski definition) is 2. The number of rotatable bonds is 6. The van der Waals surface area contributed by atoms with Gasteiger partial charge in [0, 0.05) is 6.54 Å². The number of halogens is 1. The zero-order valence-electron chi connectivity index (χ0n) is 11.8. The molecule has 0 aliphatic carbocycles. The van der Waals surface area contributed by atoms with Crippen molar-refractivity contribution >= 4 is 38.9 Å². The molecule has 2 aromatic rings. The molecule has 0 aliphatic heterocycles. The first-order valence-electron chi connectivity index (χ1n) is 6.45. The van der Waals surface area contributed by atoms with Gasteiger partial charge in [0.1, 0.15) is 4.21 Å². The molecule has 22 heavy (non-hydrogen) atoms. The van der Waals surface area contributed by atoms with E-state index >= 15 is 0 Å². The number of amides is 1. The highest BCUT2D eigenvalue weighted by Crippen LogP contribution is 2.25. The molecule has 2 rings (SSSR count). The molecule has 0 atom stereocenters. The minimum Gasteiger partial charge on any atom is -0.351 e. The molecule has 0 spiro atoms. The monoisotopic (exact) mass is 358 g/mol. The number of hydrogen-bond acceptors (Lipinski definition) is 4. The zero-order valence-corrected chi connectivity index (χ0v) is 14.2. The Labute approximate surface area is 138 Å². The number of sulfonamides is 1. The summed E-state index contributed by atoms with van der Waals surface area (Å²) in [7, 11) is -3.70. The van der Waals surface area contributed by atoms with Gasteiger partial charge in [0.2, 0.25) is 5.91 Å². The third-order valence-electron chi connectivity index (χ3n) is 2.97. The highest BCUT2D eigenvalue weighted by atomic mass is 35.5. The second-order valence-electron chi connectivity index (χ2n) is 4.59. The van der Waals surface area contributed by atoms with Crippen LogP contribution in [-0.2, 0) is 21.4 Å². The van der Waals surface area contributed by atoms with Crippen LogP contribution in [0.5, 0.6) is 0 Å². The number of benzene rings is 1. The number of thiophene rings is 1. The van der Waals surface area contributed by atoms with Crippen molar-refractivity contribution in [2.45, 2.75) is 17.7 Å². The number of carbonyl (C=O) groups excluding carboxylic acids is 1. The van der Waals surface area contributed by atoms with E-state index in [2.05, 4.69) is 10.0 Å². The van der Waals surface area contributed by atoms with Gasteiger partial charge >= 0.3 is 0 Å². The summed E-state index contributed by atoms with van der Waals surface area (Å²) in [6.45, 7) is 1.99. The van der Waals surface area contributed by atoms with Crippen LogP contribution < -0.4 is 10.0 Å². The Morgan fingerprint density at radius 2 is 1.95 bits per heavy atom. The number of aryl methyl sites for hydroxylation is 1. The van der Waals surface area contributed by atoms with Crippen LogP contribution in [0.15, 0.2) is 40.6 Å². The summed E-state index contributed by atoms with van der Waals surface area (Å²) in [5.41, 5.74) is 2.06. The normalized spacial score (nSPS) is 11.4. The Balaban J connectivity index is 1.87. The SMILES string of the molecule is Cc1ccccc1CNC(=O)CNS(=O)(=O)c1ccc(Cl)s1. The van der Waals surface area contributed by atoms with Crippen molar-refractivity contribution in [3.8, 4) is 0 Å². The van der Waals surface area contributed by atoms with Crippen LogP contribution in [0.1, 0.15) is 11.1 Å². The third-order valence-corrected chi connectivity index (χ3v) is 6.10. The van der Waals surface area contributed by atoms with Gasteiger partial charge in [0.15, 0.2) is 0 Å². The van der Waals surface area contributed by atoms with Gasteiger partial charge in [-0.15, -0.1) is 11.3 Å². The molecule has 0 bridgehead atoms. The van der Waals surface area contributed by atoms with E-state index in [1.807, 2.05) is 31.2 Å². The Bertz CT molecular complexity index is 772. The van der Waals surface area contributed by atoms with E-state index in [1.165, 1.54) is 12.1 Å². The lowest BCUT2D eigenvalue weighted by Crippen LogP contribution is -2.36. The predicted octanol–water partition coefficient (Wildman–Crippen LogP) is 2.30. The summed E-state index contributed by atoms with van der Waals surface area (Å²) in [4.78, 5) is 11.8. The zero-order chi connectivity index (χ0) is 16.2. The van der Waals surface area contributed by atoms with E-state index in [4.69, 9.17) is 11.6 Å². The predicted molar refractivity (Wildman–Crippen MR) is 87.5 cm³/mol. The second kappa shape index (κ2) is 7.23. The molecule has 0 aliphatic rings. The van der Waals surface area contributed by atoms with E-state index in [0.717, 1.165) is 22.5 Å². The lowest BCUT2D eigenvalue weighted by molar-refractivity contribution is -0.120. The molecular weight excluding hydrogens is 344 g/mol. The van der Waals surface area contributed by atoms with E-state index in [0.29, 0.717) is 10.9 Å². The van der Waals surface area contributed by atoms with Gasteiger partial charge in [-0.2, -0.15) is 0 Å². The van der Waals surface area contributed by atoms with Gasteiger partial charge in [-0.3, -0.25) is 4.79 Å². The molecule has 1 amide bonds. The molecule has 0 saturated heterocycles. The van der Waals surface area contributed by atoms with Crippen molar-refractivity contribution in [3.05, 3.63) is 51.9 Å². The fraction of sp³-hybridized carbons (Fsp3) is 0.214. The van der Waals surface area contributed by atoms with Crippen LogP contribution >= 0.6 is 22.9 Å². The van der Waals surface area contributed by atoms with Crippen molar-refractivity contribution in [1.82, 2.24) is 10.0 Å². The number of carbonyl (C=O) groups is 1. The standard InChI is InChI=1S/C14H15ClN2O3S2/c1-10-4-2-3-5-11(10)8-16-13(18)9-17-22(19,20)14-7-6-12(15)21-14/h2-7,17H,8-9H2,1H3,(H,16,18). The maximum absolute atomic E-state index is 11.9. The highest BCUT2D eigenvalue weighted by Gasteiger charge is 2.17. The largest absolute Gasteiger partial charge is 0.351 e. The van der Waals surface area contributed by atoms with Crippen LogP contribution in [0.3, 0.4) is 0 Å². The van der Waals surface area contributed by atoms with Gasteiger partial charge in [-0.25, -0.2) is 13.1 Å². The summed E-state index contributed by atoms with van der Waals surface area (Å²) in [6, 6.07) is 10.6. The van der Waals surface area contributed by atoms with Crippen molar-refractivity contribution in [2.24, 2.45) is 0 Å². The van der Waals surface area contributed by atoms with E-state index in [-0.39, 0.29) is 10.8 Å². The van der Waals surface area contributed by atoms with E-state index in [1.54, 1.807) is 0 Å². The van der Waals surface area contributed by atoms with Crippen molar-refractivity contribution in [1.29, 1.82) is 0 Å². The Hall–Kier alpha value is -1.41. The van der Waals surface area contributed by atoms with E-state index in [9.17, 15) is 13.2 Å². The summed E-state index contributed by atoms with van der Waals surface area (Å²) in [6.07, 6.45) is 0. The minimum absolute atomic E-state index is 0.0872. The maximum Gasteiger partial charge on any atom is 0.250 e. The van der Waals surface area contributed by atoms with Crippen molar-refractivity contribution in [3.63, 3.8) is 0 Å². The lowest BCUT2D eigenvalue weighted by Gasteiger charge is -2.08. The molecule has 0 fully saturated rings. The average Bonchev–Trinajstić information content (AvgIpc) is 2.92. The molecule has 0 unspecified atom stereocenters. The summed E-state index contributed by atoms with van der Waals surface area (Å²) < 4.78 is 26.6. The molecule has 5 nitrogen and oxygen atoms in total. The molecule has 1 heterocycles. The molecule has 118 valence electrons. The molecule has 1 aromatic carbocycles. The van der Waals surface area contributed by atoms with Crippen LogP contribution in [0.25, 0.3) is 0 Å². The van der Waals surface area contributed by atoms with Gasteiger partial charge in [0.05, 0.1) is 10.9 Å². The number of nitrogens with one attached hydrogen (secondary N) is 2. The van der Waals surface area contributed by atoms with Crippen molar-refractivity contribution < 1.29 is 13.2 Å². The smallest absolute Gasteiger partial charge is 0.250 e. The molecule has 1 aromatic heterocycles. The van der Waals surface area contributed by atoms with Crippen LogP contribution in [0.2, 0.25) is 4.34 Å². The fourth-order valence-corrected chi connectivity index (χ4v) is 4.25. The van der Waals surface area contributed by atoms with Gasteiger partial charge < -0.3 is 5.32 Å². The summed E-state index contributed by atoms with van der Waals surface area (Å²) in [5, 5.41) is 2.68. The topological polar surface area (TPSA) is 75.3 Å². The fourth-order valence-electron chi connectivity index (χ4n) is 1.74. The van der Waals surface area contributed by atoms with Gasteiger partial charge in [-0.1, -0.05) is 35.9 Å². The molecule has 0 saturated carbocycles. The highest BCUT2D eigenvalue weighted by molar-refractivity contribution is 7.91. The molecule has 8 heteroatoms. The molecule has 2 N–H and O–H groups in total. The Morgan fingerprint density at radius 3 is 2.59 bits per heavy atom. The molecular formula is C14H15ClN2O3S2. The Kier molecular flexibility index (Phi) is 5.57. The summed E-state index contributed by atoms with van der Waals surface area (Å²) >= 11 is 6.65. The van der Waals surface area contributed by atoms with E-state index < -0.39 is 15.9 Å².